The van der Waals surface area contributed by atoms with Crippen LogP contribution in [0.4, 0.5) is 17.1 Å². The van der Waals surface area contributed by atoms with E-state index in [0.29, 0.717) is 0 Å². The van der Waals surface area contributed by atoms with Gasteiger partial charge in [0.25, 0.3) is 0 Å². The van der Waals surface area contributed by atoms with E-state index < -0.39 is 10.8 Å². The van der Waals surface area contributed by atoms with Gasteiger partial charge in [-0.2, -0.15) is 0 Å². The smallest absolute Gasteiger partial charge is 0.143 e. The third-order valence-electron chi connectivity index (χ3n) is 14.6. The number of furan rings is 1. The van der Waals surface area contributed by atoms with Crippen molar-refractivity contribution < 1.29 is 4.42 Å². The van der Waals surface area contributed by atoms with Crippen LogP contribution in [0.1, 0.15) is 44.5 Å². The summed E-state index contributed by atoms with van der Waals surface area (Å²) < 4.78 is 6.75. The minimum atomic E-state index is -0.557. The van der Waals surface area contributed by atoms with E-state index in [-0.39, 0.29) is 0 Å². The molecule has 64 heavy (non-hydrogen) atoms. The highest BCUT2D eigenvalue weighted by molar-refractivity contribution is 6.12. The molecule has 10 aromatic carbocycles. The molecule has 0 bridgehead atoms. The SMILES string of the molecule is c1ccc(C2(c3ccccc3)c3ccccc3N(c3ccc4c(c3)C3(c5ccccc5-c5ccccc53)c3cccc(-c5cccc6c5oc5ccccc56)c3-4)c3ccccc32)cc1. The molecule has 14 rings (SSSR count). The van der Waals surface area contributed by atoms with Crippen LogP contribution in [0.3, 0.4) is 0 Å². The van der Waals surface area contributed by atoms with Gasteiger partial charge >= 0.3 is 0 Å². The van der Waals surface area contributed by atoms with Gasteiger partial charge in [-0.3, -0.25) is 0 Å². The number of hydrogen-bond donors (Lipinski definition) is 0. The number of fused-ring (bicyclic) bond motifs is 15. The zero-order valence-electron chi connectivity index (χ0n) is 34.9. The summed E-state index contributed by atoms with van der Waals surface area (Å²) in [5.41, 5.74) is 21.8. The van der Waals surface area contributed by atoms with Crippen LogP contribution < -0.4 is 4.90 Å². The summed E-state index contributed by atoms with van der Waals surface area (Å²) in [5.74, 6) is 0. The Morgan fingerprint density at radius 2 is 0.812 bits per heavy atom. The minimum absolute atomic E-state index is 0.545. The van der Waals surface area contributed by atoms with E-state index in [2.05, 4.69) is 241 Å². The molecule has 0 unspecified atom stereocenters. The van der Waals surface area contributed by atoms with Crippen molar-refractivity contribution in [3.63, 3.8) is 0 Å². The van der Waals surface area contributed by atoms with E-state index in [1.54, 1.807) is 0 Å². The summed E-state index contributed by atoms with van der Waals surface area (Å²) >= 11 is 0. The minimum Gasteiger partial charge on any atom is -0.455 e. The highest BCUT2D eigenvalue weighted by atomic mass is 16.3. The van der Waals surface area contributed by atoms with Crippen molar-refractivity contribution in [2.75, 3.05) is 4.90 Å². The fourth-order valence-corrected chi connectivity index (χ4v) is 12.2. The molecule has 0 saturated heterocycles. The molecular weight excluding hydrogens is 775 g/mol. The first kappa shape index (κ1) is 35.4. The standard InChI is InChI=1S/C62H39NO/c1-3-19-40(20-4-1)61(41-21-5-2-6-22-41)52-31-12-14-34-56(52)63(57-35-15-13-32-53(57)61)42-37-38-49-55(39-42)62(50-29-10-7-23-43(50)44-24-8-11-30-51(44)62)54-33-18-26-46(59(49)54)48-28-17-27-47-45-25-9-16-36-58(45)64-60(47)48/h1-39H. The first-order valence-corrected chi connectivity index (χ1v) is 22.3. The Morgan fingerprint density at radius 1 is 0.312 bits per heavy atom. The van der Waals surface area contributed by atoms with Crippen molar-refractivity contribution in [3.8, 4) is 33.4 Å². The molecule has 0 fully saturated rings. The summed E-state index contributed by atoms with van der Waals surface area (Å²) in [7, 11) is 0. The second-order valence-corrected chi connectivity index (χ2v) is 17.4. The molecule has 1 spiro atoms. The quantitative estimate of drug-likeness (QED) is 0.176. The molecule has 2 heteroatoms. The summed E-state index contributed by atoms with van der Waals surface area (Å²) in [6, 6.07) is 87.7. The van der Waals surface area contributed by atoms with Crippen molar-refractivity contribution in [1.82, 2.24) is 0 Å². The van der Waals surface area contributed by atoms with Crippen molar-refractivity contribution >= 4 is 39.0 Å². The Hall–Kier alpha value is -8.20. The van der Waals surface area contributed by atoms with Crippen LogP contribution in [-0.4, -0.2) is 0 Å². The van der Waals surface area contributed by atoms with Gasteiger partial charge in [0, 0.05) is 22.0 Å². The highest BCUT2D eigenvalue weighted by Crippen LogP contribution is 2.66. The molecule has 3 aliphatic rings. The van der Waals surface area contributed by atoms with Gasteiger partial charge in [0.2, 0.25) is 0 Å². The number of hydrogen-bond acceptors (Lipinski definition) is 2. The van der Waals surface area contributed by atoms with E-state index in [1.807, 2.05) is 0 Å². The van der Waals surface area contributed by atoms with E-state index in [9.17, 15) is 0 Å². The third kappa shape index (κ3) is 4.44. The predicted octanol–water partition coefficient (Wildman–Crippen LogP) is 15.8. The van der Waals surface area contributed by atoms with Crippen LogP contribution >= 0.6 is 0 Å². The molecule has 1 aliphatic heterocycles. The lowest BCUT2D eigenvalue weighted by atomic mass is 9.62. The maximum absolute atomic E-state index is 6.75. The van der Waals surface area contributed by atoms with Gasteiger partial charge in [0.15, 0.2) is 0 Å². The molecule has 2 aliphatic carbocycles. The van der Waals surface area contributed by atoms with Crippen LogP contribution in [0.15, 0.2) is 241 Å². The molecule has 2 nitrogen and oxygen atoms in total. The Morgan fingerprint density at radius 3 is 1.48 bits per heavy atom. The second-order valence-electron chi connectivity index (χ2n) is 17.4. The molecular formula is C62H39NO. The Bertz CT molecular complexity index is 3560. The number of anilines is 3. The second kappa shape index (κ2) is 13.2. The average molecular weight is 814 g/mol. The molecule has 0 amide bonds. The molecule has 0 saturated carbocycles. The van der Waals surface area contributed by atoms with E-state index in [0.717, 1.165) is 33.2 Å². The Kier molecular flexibility index (Phi) is 7.28. The molecule has 298 valence electrons. The van der Waals surface area contributed by atoms with E-state index >= 15 is 0 Å². The predicted molar refractivity (Wildman–Crippen MR) is 262 cm³/mol. The Labute approximate surface area is 372 Å². The van der Waals surface area contributed by atoms with Crippen molar-refractivity contribution in [2.24, 2.45) is 0 Å². The van der Waals surface area contributed by atoms with Gasteiger partial charge in [-0.1, -0.05) is 206 Å². The average Bonchev–Trinajstić information content (AvgIpc) is 4.00. The number of nitrogens with zero attached hydrogens (tertiary/aromatic N) is 1. The van der Waals surface area contributed by atoms with Crippen LogP contribution in [0.2, 0.25) is 0 Å². The maximum atomic E-state index is 6.75. The molecule has 11 aromatic rings. The fourth-order valence-electron chi connectivity index (χ4n) is 12.2. The first-order valence-electron chi connectivity index (χ1n) is 22.3. The summed E-state index contributed by atoms with van der Waals surface area (Å²) in [6.07, 6.45) is 0. The van der Waals surface area contributed by atoms with Crippen molar-refractivity contribution in [3.05, 3.63) is 281 Å². The lowest BCUT2D eigenvalue weighted by molar-refractivity contribution is 0.670. The van der Waals surface area contributed by atoms with Gasteiger partial charge < -0.3 is 9.32 Å². The summed E-state index contributed by atoms with van der Waals surface area (Å²) in [4.78, 5) is 2.52. The molecule has 0 N–H and O–H groups in total. The van der Waals surface area contributed by atoms with Gasteiger partial charge in [0.1, 0.15) is 11.2 Å². The lowest BCUT2D eigenvalue weighted by Gasteiger charge is -2.46. The third-order valence-corrected chi connectivity index (χ3v) is 14.6. The molecule has 0 radical (unpaired) electrons. The Balaban J connectivity index is 1.07. The van der Waals surface area contributed by atoms with Gasteiger partial charge in [-0.05, 0) is 103 Å². The van der Waals surface area contributed by atoms with E-state index in [1.165, 1.54) is 83.7 Å². The van der Waals surface area contributed by atoms with Gasteiger partial charge in [0.05, 0.1) is 22.2 Å². The highest BCUT2D eigenvalue weighted by Gasteiger charge is 2.53. The van der Waals surface area contributed by atoms with Crippen molar-refractivity contribution in [1.29, 1.82) is 0 Å². The van der Waals surface area contributed by atoms with Crippen LogP contribution in [-0.2, 0) is 10.8 Å². The van der Waals surface area contributed by atoms with Crippen LogP contribution in [0, 0.1) is 0 Å². The zero-order chi connectivity index (χ0) is 42.0. The fraction of sp³-hybridized carbons (Fsp3) is 0.0323. The zero-order valence-corrected chi connectivity index (χ0v) is 34.9. The normalized spacial score (nSPS) is 14.5. The first-order chi connectivity index (χ1) is 31.8. The largest absolute Gasteiger partial charge is 0.455 e. The molecule has 2 heterocycles. The van der Waals surface area contributed by atoms with Crippen LogP contribution in [0.25, 0.3) is 55.3 Å². The van der Waals surface area contributed by atoms with Gasteiger partial charge in [-0.25, -0.2) is 0 Å². The lowest BCUT2D eigenvalue weighted by Crippen LogP contribution is -2.37. The summed E-state index contributed by atoms with van der Waals surface area (Å²) in [5, 5.41) is 2.27. The van der Waals surface area contributed by atoms with Crippen LogP contribution in [0.5, 0.6) is 0 Å². The summed E-state index contributed by atoms with van der Waals surface area (Å²) in [6.45, 7) is 0. The number of benzene rings is 10. The molecule has 0 atom stereocenters. The van der Waals surface area contributed by atoms with E-state index in [4.69, 9.17) is 4.42 Å². The maximum Gasteiger partial charge on any atom is 0.143 e. The monoisotopic (exact) mass is 813 g/mol. The molecule has 1 aromatic heterocycles. The number of rotatable bonds is 4. The topological polar surface area (TPSA) is 16.4 Å². The number of para-hydroxylation sites is 4. The van der Waals surface area contributed by atoms with Crippen molar-refractivity contribution in [2.45, 2.75) is 10.8 Å². The van der Waals surface area contributed by atoms with Gasteiger partial charge in [-0.15, -0.1) is 0 Å².